The van der Waals surface area contributed by atoms with Crippen LogP contribution < -0.4 is 15.4 Å². The number of urea groups is 1. The topological polar surface area (TPSA) is 83.6 Å². The Morgan fingerprint density at radius 3 is 2.38 bits per heavy atom. The highest BCUT2D eigenvalue weighted by Crippen LogP contribution is 2.32. The molecule has 3 amide bonds. The Morgan fingerprint density at radius 2 is 1.72 bits per heavy atom. The summed E-state index contributed by atoms with van der Waals surface area (Å²) in [4.78, 5) is 32.7. The smallest absolute Gasteiger partial charge is 0.321 e. The Kier molecular flexibility index (Phi) is 6.70. The quantitative estimate of drug-likeness (QED) is 0.572. The van der Waals surface area contributed by atoms with Crippen molar-refractivity contribution in [2.45, 2.75) is 19.8 Å². The van der Waals surface area contributed by atoms with Crippen molar-refractivity contribution in [3.63, 3.8) is 0 Å². The molecule has 0 bridgehead atoms. The molecule has 0 spiro atoms. The summed E-state index contributed by atoms with van der Waals surface area (Å²) >= 11 is 1.47. The zero-order chi connectivity index (χ0) is 22.5. The summed E-state index contributed by atoms with van der Waals surface area (Å²) < 4.78 is 5.21. The molecule has 7 nitrogen and oxygen atoms in total. The molecule has 1 saturated heterocycles. The number of hydrogen-bond donors (Lipinski definition) is 2. The second kappa shape index (κ2) is 9.82. The second-order valence-corrected chi connectivity index (χ2v) is 8.90. The number of carbonyl (C=O) groups excluding carboxylic acids is 2. The van der Waals surface area contributed by atoms with Gasteiger partial charge >= 0.3 is 6.03 Å². The van der Waals surface area contributed by atoms with Crippen LogP contribution in [0.15, 0.2) is 54.6 Å². The number of anilines is 2. The number of aromatic nitrogens is 1. The van der Waals surface area contributed by atoms with Crippen molar-refractivity contribution in [1.82, 2.24) is 9.88 Å². The van der Waals surface area contributed by atoms with Crippen molar-refractivity contribution in [2.24, 2.45) is 5.92 Å². The van der Waals surface area contributed by atoms with Crippen LogP contribution in [0, 0.1) is 12.8 Å². The first-order chi connectivity index (χ1) is 15.5. The van der Waals surface area contributed by atoms with Crippen LogP contribution in [0.3, 0.4) is 0 Å². The molecule has 0 atom stereocenters. The molecule has 4 rings (SSSR count). The van der Waals surface area contributed by atoms with Gasteiger partial charge in [0, 0.05) is 35.1 Å². The largest absolute Gasteiger partial charge is 0.497 e. The number of aryl methyl sites for hydroxylation is 1. The minimum absolute atomic E-state index is 0.0388. The third-order valence-electron chi connectivity index (χ3n) is 5.57. The van der Waals surface area contributed by atoms with Gasteiger partial charge in [0.2, 0.25) is 5.91 Å². The molecular weight excluding hydrogens is 424 g/mol. The van der Waals surface area contributed by atoms with Crippen LogP contribution in [0.5, 0.6) is 5.75 Å². The SMILES string of the molecule is COc1ccc(-c2nc(NC(=O)C3CCN(C(=O)Nc4ccccc4)CC3)sc2C)cc1. The zero-order valence-electron chi connectivity index (χ0n) is 18.1. The highest BCUT2D eigenvalue weighted by molar-refractivity contribution is 7.16. The molecule has 1 aliphatic heterocycles. The fraction of sp³-hybridized carbons (Fsp3) is 0.292. The molecule has 0 aliphatic carbocycles. The van der Waals surface area contributed by atoms with Gasteiger partial charge in [-0.15, -0.1) is 11.3 Å². The molecule has 0 saturated carbocycles. The average Bonchev–Trinajstić information content (AvgIpc) is 3.19. The lowest BCUT2D eigenvalue weighted by Gasteiger charge is -2.31. The first-order valence-corrected chi connectivity index (χ1v) is 11.4. The van der Waals surface area contributed by atoms with E-state index in [1.165, 1.54) is 11.3 Å². The summed E-state index contributed by atoms with van der Waals surface area (Å²) in [6.45, 7) is 3.09. The normalized spacial score (nSPS) is 14.1. The molecule has 2 aromatic carbocycles. The van der Waals surface area contributed by atoms with Crippen LogP contribution in [0.25, 0.3) is 11.3 Å². The van der Waals surface area contributed by atoms with Gasteiger partial charge < -0.3 is 20.3 Å². The molecule has 2 N–H and O–H groups in total. The summed E-state index contributed by atoms with van der Waals surface area (Å²) in [5.41, 5.74) is 2.61. The van der Waals surface area contributed by atoms with E-state index in [4.69, 9.17) is 4.74 Å². The van der Waals surface area contributed by atoms with E-state index in [2.05, 4.69) is 15.6 Å². The molecule has 0 radical (unpaired) electrons. The third kappa shape index (κ3) is 5.08. The Morgan fingerprint density at radius 1 is 1.03 bits per heavy atom. The molecule has 2 heterocycles. The van der Waals surface area contributed by atoms with E-state index in [0.717, 1.165) is 27.6 Å². The van der Waals surface area contributed by atoms with E-state index >= 15 is 0 Å². The van der Waals surface area contributed by atoms with Crippen LogP contribution in [0.1, 0.15) is 17.7 Å². The van der Waals surface area contributed by atoms with E-state index in [9.17, 15) is 9.59 Å². The molecule has 0 unspecified atom stereocenters. The number of likely N-dealkylation sites (tertiary alicyclic amines) is 1. The Bertz CT molecular complexity index is 1070. The number of methoxy groups -OCH3 is 1. The van der Waals surface area contributed by atoms with Crippen molar-refractivity contribution in [3.05, 3.63) is 59.5 Å². The van der Waals surface area contributed by atoms with Gasteiger partial charge in [-0.2, -0.15) is 0 Å². The molecule has 32 heavy (non-hydrogen) atoms. The molecule has 1 aromatic heterocycles. The van der Waals surface area contributed by atoms with Gasteiger partial charge in [0.1, 0.15) is 5.75 Å². The molecule has 1 aliphatic rings. The maximum atomic E-state index is 12.8. The van der Waals surface area contributed by atoms with Crippen molar-refractivity contribution in [3.8, 4) is 17.0 Å². The van der Waals surface area contributed by atoms with E-state index in [-0.39, 0.29) is 17.9 Å². The van der Waals surface area contributed by atoms with Crippen molar-refractivity contribution >= 4 is 34.1 Å². The zero-order valence-corrected chi connectivity index (χ0v) is 18.9. The van der Waals surface area contributed by atoms with E-state index in [1.807, 2.05) is 61.5 Å². The summed E-state index contributed by atoms with van der Waals surface area (Å²) in [5.74, 6) is 0.617. The summed E-state index contributed by atoms with van der Waals surface area (Å²) in [7, 11) is 1.64. The van der Waals surface area contributed by atoms with Crippen LogP contribution in [0.2, 0.25) is 0 Å². The number of carbonyl (C=O) groups is 2. The first kappa shape index (κ1) is 21.8. The number of hydrogen-bond acceptors (Lipinski definition) is 5. The summed E-state index contributed by atoms with van der Waals surface area (Å²) in [6, 6.07) is 17.0. The standard InChI is InChI=1S/C24H26N4O3S/c1-16-21(17-8-10-20(31-2)11-9-17)26-23(32-16)27-22(29)18-12-14-28(15-13-18)24(30)25-19-6-4-3-5-7-19/h3-11,18H,12-15H2,1-2H3,(H,25,30)(H,26,27,29). The first-order valence-electron chi connectivity index (χ1n) is 10.6. The van der Waals surface area contributed by atoms with Crippen LogP contribution >= 0.6 is 11.3 Å². The molecule has 3 aromatic rings. The highest BCUT2D eigenvalue weighted by Gasteiger charge is 2.28. The number of ether oxygens (including phenoxy) is 1. The minimum atomic E-state index is -0.135. The number of para-hydroxylation sites is 1. The predicted molar refractivity (Wildman–Crippen MR) is 127 cm³/mol. The number of amides is 3. The maximum absolute atomic E-state index is 12.8. The van der Waals surface area contributed by atoms with Gasteiger partial charge in [-0.25, -0.2) is 9.78 Å². The Hall–Kier alpha value is -3.39. The predicted octanol–water partition coefficient (Wildman–Crippen LogP) is 5.01. The van der Waals surface area contributed by atoms with Crippen LogP contribution in [-0.4, -0.2) is 42.0 Å². The van der Waals surface area contributed by atoms with Crippen LogP contribution in [0.4, 0.5) is 15.6 Å². The van der Waals surface area contributed by atoms with Gasteiger partial charge in [0.05, 0.1) is 12.8 Å². The lowest BCUT2D eigenvalue weighted by molar-refractivity contribution is -0.121. The lowest BCUT2D eigenvalue weighted by Crippen LogP contribution is -2.43. The monoisotopic (exact) mass is 450 g/mol. The minimum Gasteiger partial charge on any atom is -0.497 e. The Labute approximate surface area is 191 Å². The average molecular weight is 451 g/mol. The third-order valence-corrected chi connectivity index (χ3v) is 6.45. The molecule has 166 valence electrons. The Balaban J connectivity index is 1.32. The van der Waals surface area contributed by atoms with Gasteiger partial charge in [0.15, 0.2) is 5.13 Å². The second-order valence-electron chi connectivity index (χ2n) is 7.70. The lowest BCUT2D eigenvalue weighted by atomic mass is 9.96. The number of rotatable bonds is 5. The molecular formula is C24H26N4O3S. The number of nitrogens with one attached hydrogen (secondary N) is 2. The number of thiazole rings is 1. The fourth-order valence-corrected chi connectivity index (χ4v) is 4.58. The van der Waals surface area contributed by atoms with Gasteiger partial charge in [0.25, 0.3) is 0 Å². The van der Waals surface area contributed by atoms with Crippen LogP contribution in [-0.2, 0) is 4.79 Å². The number of nitrogens with zero attached hydrogens (tertiary/aromatic N) is 2. The van der Waals surface area contributed by atoms with Crippen molar-refractivity contribution < 1.29 is 14.3 Å². The van der Waals surface area contributed by atoms with E-state index < -0.39 is 0 Å². The molecule has 8 heteroatoms. The van der Waals surface area contributed by atoms with Crippen molar-refractivity contribution in [2.75, 3.05) is 30.8 Å². The fourth-order valence-electron chi connectivity index (χ4n) is 3.74. The van der Waals surface area contributed by atoms with Crippen molar-refractivity contribution in [1.29, 1.82) is 0 Å². The number of benzene rings is 2. The summed E-state index contributed by atoms with van der Waals surface area (Å²) in [5, 5.41) is 6.47. The van der Waals surface area contributed by atoms with E-state index in [0.29, 0.717) is 31.1 Å². The van der Waals surface area contributed by atoms with E-state index in [1.54, 1.807) is 12.0 Å². The maximum Gasteiger partial charge on any atom is 0.321 e. The van der Waals surface area contributed by atoms with Gasteiger partial charge in [-0.3, -0.25) is 4.79 Å². The van der Waals surface area contributed by atoms with Gasteiger partial charge in [-0.1, -0.05) is 18.2 Å². The van der Waals surface area contributed by atoms with Gasteiger partial charge in [-0.05, 0) is 56.2 Å². The summed E-state index contributed by atoms with van der Waals surface area (Å²) in [6.07, 6.45) is 1.26. The highest BCUT2D eigenvalue weighted by atomic mass is 32.1. The number of piperidine rings is 1. The molecule has 1 fully saturated rings.